The normalized spacial score (nSPS) is 11.4. The van der Waals surface area contributed by atoms with Crippen LogP contribution >= 0.6 is 11.3 Å². The molecule has 6 nitrogen and oxygen atoms in total. The lowest BCUT2D eigenvalue weighted by atomic mass is 10.1. The Morgan fingerprint density at radius 1 is 1.07 bits per heavy atom. The molecule has 0 atom stereocenters. The monoisotopic (exact) mass is 399 g/mol. The Balaban J connectivity index is 1.62. The molecule has 138 valence electrons. The number of anilines is 2. The molecule has 8 heteroatoms. The number of hydrogen-bond acceptors (Lipinski definition) is 6. The summed E-state index contributed by atoms with van der Waals surface area (Å²) in [6.07, 6.45) is 4.48. The fourth-order valence-corrected chi connectivity index (χ4v) is 3.99. The Morgan fingerprint density at radius 3 is 2.41 bits per heavy atom. The lowest BCUT2D eigenvalue weighted by Crippen LogP contribution is -2.12. The van der Waals surface area contributed by atoms with Crippen LogP contribution < -0.4 is 10.0 Å². The maximum atomic E-state index is 12.3. The number of carbonyl (C=O) groups is 1. The summed E-state index contributed by atoms with van der Waals surface area (Å²) in [6, 6.07) is 13.5. The van der Waals surface area contributed by atoms with Gasteiger partial charge >= 0.3 is 0 Å². The van der Waals surface area contributed by atoms with Crippen molar-refractivity contribution < 1.29 is 13.2 Å². The second-order valence-electron chi connectivity index (χ2n) is 5.68. The van der Waals surface area contributed by atoms with Crippen LogP contribution in [0.2, 0.25) is 0 Å². The van der Waals surface area contributed by atoms with Crippen LogP contribution in [0.3, 0.4) is 0 Å². The summed E-state index contributed by atoms with van der Waals surface area (Å²) in [5.41, 5.74) is 2.36. The van der Waals surface area contributed by atoms with E-state index in [1.165, 1.54) is 41.9 Å². The van der Waals surface area contributed by atoms with Crippen molar-refractivity contribution >= 4 is 38.0 Å². The van der Waals surface area contributed by atoms with Gasteiger partial charge in [0.1, 0.15) is 0 Å². The Kier molecular flexibility index (Phi) is 5.68. The zero-order valence-corrected chi connectivity index (χ0v) is 16.0. The van der Waals surface area contributed by atoms with E-state index in [4.69, 9.17) is 0 Å². The van der Waals surface area contributed by atoms with Crippen LogP contribution in [0.1, 0.15) is 15.9 Å². The van der Waals surface area contributed by atoms with E-state index in [0.29, 0.717) is 16.4 Å². The molecule has 0 fully saturated rings. The maximum absolute atomic E-state index is 12.3. The van der Waals surface area contributed by atoms with Crippen molar-refractivity contribution in [2.45, 2.75) is 11.8 Å². The van der Waals surface area contributed by atoms with Gasteiger partial charge in [-0.1, -0.05) is 29.8 Å². The number of carbonyl (C=O) groups excluding carboxylic acids is 1. The largest absolute Gasteiger partial charge is 0.362 e. The number of allylic oxidation sites excluding steroid dienone is 1. The molecule has 2 N–H and O–H groups in total. The van der Waals surface area contributed by atoms with Crippen LogP contribution in [-0.2, 0) is 10.0 Å². The molecule has 0 saturated carbocycles. The number of benzene rings is 2. The standard InChI is InChI=1S/C19H17N3O3S2/c1-14-2-4-15(5-3-14)18(23)10-11-20-16-6-8-17(9-7-16)27(24,25)22-19-21-12-13-26-19/h2-13,20H,1H3,(H,21,22)/b11-10-. The highest BCUT2D eigenvalue weighted by molar-refractivity contribution is 7.93. The number of hydrogen-bond donors (Lipinski definition) is 2. The van der Waals surface area contributed by atoms with Crippen molar-refractivity contribution in [3.8, 4) is 0 Å². The zero-order chi connectivity index (χ0) is 19.3. The van der Waals surface area contributed by atoms with Crippen molar-refractivity contribution in [2.75, 3.05) is 10.0 Å². The summed E-state index contributed by atoms with van der Waals surface area (Å²) >= 11 is 1.21. The molecule has 3 aromatic rings. The van der Waals surface area contributed by atoms with Crippen molar-refractivity contribution in [1.82, 2.24) is 4.98 Å². The van der Waals surface area contributed by atoms with Crippen molar-refractivity contribution in [2.24, 2.45) is 0 Å². The predicted octanol–water partition coefficient (Wildman–Crippen LogP) is 4.06. The maximum Gasteiger partial charge on any atom is 0.263 e. The van der Waals surface area contributed by atoms with E-state index in [1.807, 2.05) is 19.1 Å². The van der Waals surface area contributed by atoms with Gasteiger partial charge in [-0.25, -0.2) is 13.4 Å². The van der Waals surface area contributed by atoms with Gasteiger partial charge in [0.05, 0.1) is 4.90 Å². The number of nitrogens with zero attached hydrogens (tertiary/aromatic N) is 1. The Morgan fingerprint density at radius 2 is 1.78 bits per heavy atom. The number of sulfonamides is 1. The van der Waals surface area contributed by atoms with E-state index in [1.54, 1.807) is 29.6 Å². The van der Waals surface area contributed by atoms with E-state index in [0.717, 1.165) is 5.56 Å². The second-order valence-corrected chi connectivity index (χ2v) is 8.25. The smallest absolute Gasteiger partial charge is 0.263 e. The highest BCUT2D eigenvalue weighted by Gasteiger charge is 2.15. The summed E-state index contributed by atoms with van der Waals surface area (Å²) in [5, 5.41) is 4.96. The quantitative estimate of drug-likeness (QED) is 0.462. The van der Waals surface area contributed by atoms with Crippen LogP contribution in [0.25, 0.3) is 0 Å². The van der Waals surface area contributed by atoms with E-state index in [2.05, 4.69) is 15.0 Å². The number of rotatable bonds is 7. The van der Waals surface area contributed by atoms with Crippen molar-refractivity contribution in [3.05, 3.63) is 83.5 Å². The molecule has 0 bridgehead atoms. The predicted molar refractivity (Wildman–Crippen MR) is 108 cm³/mol. The van der Waals surface area contributed by atoms with Gasteiger partial charge in [0.15, 0.2) is 10.9 Å². The summed E-state index contributed by atoms with van der Waals surface area (Å²) < 4.78 is 27.0. The number of thiazole rings is 1. The van der Waals surface area contributed by atoms with Crippen molar-refractivity contribution in [1.29, 1.82) is 0 Å². The molecule has 1 heterocycles. The number of ketones is 1. The molecule has 0 amide bonds. The average Bonchev–Trinajstić information content (AvgIpc) is 3.15. The number of nitrogens with one attached hydrogen (secondary N) is 2. The van der Waals surface area contributed by atoms with Gasteiger partial charge in [0.2, 0.25) is 0 Å². The van der Waals surface area contributed by atoms with Gasteiger partial charge in [-0.05, 0) is 31.2 Å². The first kappa shape index (κ1) is 18.8. The van der Waals surface area contributed by atoms with Crippen LogP contribution in [0.4, 0.5) is 10.8 Å². The minimum absolute atomic E-state index is 0.116. The Hall–Kier alpha value is -2.97. The molecule has 0 saturated heterocycles. The SMILES string of the molecule is Cc1ccc(C(=O)/C=C\Nc2ccc(S(=O)(=O)Nc3nccs3)cc2)cc1. The van der Waals surface area contributed by atoms with Crippen LogP contribution in [0.15, 0.2) is 77.3 Å². The summed E-state index contributed by atoms with van der Waals surface area (Å²) in [6.45, 7) is 1.96. The average molecular weight is 399 g/mol. The number of aryl methyl sites for hydroxylation is 1. The minimum atomic E-state index is -3.68. The topological polar surface area (TPSA) is 88.2 Å². The van der Waals surface area contributed by atoms with E-state index in [9.17, 15) is 13.2 Å². The van der Waals surface area contributed by atoms with Crippen LogP contribution in [0.5, 0.6) is 0 Å². The van der Waals surface area contributed by atoms with Gasteiger partial charge in [0, 0.05) is 35.1 Å². The summed E-state index contributed by atoms with van der Waals surface area (Å²) in [4.78, 5) is 16.1. The van der Waals surface area contributed by atoms with Gasteiger partial charge in [0.25, 0.3) is 10.0 Å². The van der Waals surface area contributed by atoms with Crippen molar-refractivity contribution in [3.63, 3.8) is 0 Å². The molecule has 0 spiro atoms. The molecule has 0 aliphatic rings. The first-order chi connectivity index (χ1) is 12.9. The summed E-state index contributed by atoms with van der Waals surface area (Å²) in [5.74, 6) is -0.116. The third kappa shape index (κ3) is 5.02. The van der Waals surface area contributed by atoms with E-state index < -0.39 is 10.0 Å². The molecule has 2 aromatic carbocycles. The Labute approximate surface area is 161 Å². The third-order valence-corrected chi connectivity index (χ3v) is 5.81. The first-order valence-electron chi connectivity index (χ1n) is 8.00. The first-order valence-corrected chi connectivity index (χ1v) is 10.4. The molecule has 0 aliphatic heterocycles. The van der Waals surface area contributed by atoms with Gasteiger partial charge < -0.3 is 5.32 Å². The molecule has 0 unspecified atom stereocenters. The molecule has 1 aromatic heterocycles. The van der Waals surface area contributed by atoms with E-state index >= 15 is 0 Å². The Bertz CT molecular complexity index is 1040. The molecular weight excluding hydrogens is 382 g/mol. The zero-order valence-electron chi connectivity index (χ0n) is 14.4. The third-order valence-electron chi connectivity index (χ3n) is 3.64. The molecule has 0 radical (unpaired) electrons. The van der Waals surface area contributed by atoms with Crippen LogP contribution in [0, 0.1) is 6.92 Å². The van der Waals surface area contributed by atoms with Gasteiger partial charge in [-0.3, -0.25) is 9.52 Å². The molecule has 0 aliphatic carbocycles. The van der Waals surface area contributed by atoms with Crippen LogP contribution in [-0.4, -0.2) is 19.2 Å². The lowest BCUT2D eigenvalue weighted by molar-refractivity contribution is 0.104. The molecule has 27 heavy (non-hydrogen) atoms. The molecule has 3 rings (SSSR count). The minimum Gasteiger partial charge on any atom is -0.362 e. The van der Waals surface area contributed by atoms with E-state index in [-0.39, 0.29) is 10.7 Å². The fraction of sp³-hybridized carbons (Fsp3) is 0.0526. The fourth-order valence-electron chi connectivity index (χ4n) is 2.21. The number of aromatic nitrogens is 1. The van der Waals surface area contributed by atoms with Gasteiger partial charge in [-0.2, -0.15) is 0 Å². The summed E-state index contributed by atoms with van der Waals surface area (Å²) in [7, 11) is -3.68. The highest BCUT2D eigenvalue weighted by Crippen LogP contribution is 2.19. The molecular formula is C19H17N3O3S2. The van der Waals surface area contributed by atoms with Gasteiger partial charge in [-0.15, -0.1) is 11.3 Å². The second kappa shape index (κ2) is 8.15. The lowest BCUT2D eigenvalue weighted by Gasteiger charge is -2.06. The highest BCUT2D eigenvalue weighted by atomic mass is 32.2.